The van der Waals surface area contributed by atoms with Crippen LogP contribution in [-0.2, 0) is 6.54 Å². The number of nitrogens with zero attached hydrogens (tertiary/aromatic N) is 2. The lowest BCUT2D eigenvalue weighted by Crippen LogP contribution is -2.30. The molecule has 0 aliphatic heterocycles. The van der Waals surface area contributed by atoms with Gasteiger partial charge in [-0.05, 0) is 31.4 Å². The van der Waals surface area contributed by atoms with Crippen molar-refractivity contribution in [2.75, 3.05) is 10.6 Å². The van der Waals surface area contributed by atoms with Crippen LogP contribution in [0.25, 0.3) is 0 Å². The van der Waals surface area contributed by atoms with E-state index in [0.29, 0.717) is 6.04 Å². The second kappa shape index (κ2) is 5.19. The molecule has 2 rings (SSSR count). The summed E-state index contributed by atoms with van der Waals surface area (Å²) in [6.45, 7) is 5.24. The van der Waals surface area contributed by atoms with Gasteiger partial charge >= 0.3 is 0 Å². The first kappa shape index (κ1) is 11.9. The zero-order valence-corrected chi connectivity index (χ0v) is 10.9. The summed E-state index contributed by atoms with van der Waals surface area (Å²) in [5.41, 5.74) is 7.78. The molecule has 0 atom stereocenters. The first-order valence-corrected chi connectivity index (χ1v) is 6.55. The lowest BCUT2D eigenvalue weighted by Gasteiger charge is -2.29. The van der Waals surface area contributed by atoms with E-state index in [4.69, 9.17) is 5.73 Å². The number of aromatic nitrogens is 1. The van der Waals surface area contributed by atoms with Gasteiger partial charge in [-0.3, -0.25) is 4.98 Å². The number of rotatable bonds is 4. The smallest absolute Gasteiger partial charge is 0.0738 e. The summed E-state index contributed by atoms with van der Waals surface area (Å²) in [6, 6.07) is 6.61. The highest BCUT2D eigenvalue weighted by Gasteiger charge is 2.14. The van der Waals surface area contributed by atoms with Crippen molar-refractivity contribution in [1.82, 2.24) is 4.98 Å². The van der Waals surface area contributed by atoms with E-state index in [2.05, 4.69) is 41.2 Å². The molecular formula is C13H17N3S. The Hall–Kier alpha value is -1.55. The minimum absolute atomic E-state index is 0.404. The van der Waals surface area contributed by atoms with Crippen LogP contribution in [0.2, 0.25) is 0 Å². The van der Waals surface area contributed by atoms with Gasteiger partial charge in [-0.2, -0.15) is 0 Å². The van der Waals surface area contributed by atoms with Crippen molar-refractivity contribution in [1.29, 1.82) is 0 Å². The Kier molecular flexibility index (Phi) is 3.64. The Labute approximate surface area is 106 Å². The second-order valence-corrected chi connectivity index (χ2v) is 5.27. The maximum Gasteiger partial charge on any atom is 0.0738 e. The van der Waals surface area contributed by atoms with E-state index in [1.807, 2.05) is 6.07 Å². The predicted octanol–water partition coefficient (Wildman–Crippen LogP) is 3.14. The first-order chi connectivity index (χ1) is 8.18. The largest absolute Gasteiger partial charge is 0.396 e. The van der Waals surface area contributed by atoms with Gasteiger partial charge in [-0.1, -0.05) is 6.07 Å². The second-order valence-electron chi connectivity index (χ2n) is 4.24. The highest BCUT2D eigenvalue weighted by molar-refractivity contribution is 7.09. The van der Waals surface area contributed by atoms with Gasteiger partial charge in [0.25, 0.3) is 0 Å². The maximum absolute atomic E-state index is 5.99. The van der Waals surface area contributed by atoms with Crippen molar-refractivity contribution in [2.45, 2.75) is 26.4 Å². The standard InChI is InChI=1S/C13H17N3S/c1-10(2)16(9-11-4-3-7-17-11)13-5-6-15-8-12(13)14/h3-8,10H,9,14H2,1-2H3. The van der Waals surface area contributed by atoms with Gasteiger partial charge in [0.2, 0.25) is 0 Å². The molecule has 17 heavy (non-hydrogen) atoms. The van der Waals surface area contributed by atoms with Crippen LogP contribution < -0.4 is 10.6 Å². The normalized spacial score (nSPS) is 10.8. The lowest BCUT2D eigenvalue weighted by atomic mass is 10.2. The molecule has 0 saturated heterocycles. The summed E-state index contributed by atoms with van der Waals surface area (Å²) < 4.78 is 0. The number of anilines is 2. The van der Waals surface area contributed by atoms with Crippen LogP contribution in [0, 0.1) is 0 Å². The third-order valence-corrected chi connectivity index (χ3v) is 3.53. The van der Waals surface area contributed by atoms with Crippen molar-refractivity contribution in [3.8, 4) is 0 Å². The summed E-state index contributed by atoms with van der Waals surface area (Å²) in [5.74, 6) is 0. The number of pyridine rings is 1. The summed E-state index contributed by atoms with van der Waals surface area (Å²) in [5, 5.41) is 2.10. The van der Waals surface area contributed by atoms with Crippen molar-refractivity contribution in [3.63, 3.8) is 0 Å². The fourth-order valence-electron chi connectivity index (χ4n) is 1.78. The molecule has 0 saturated carbocycles. The van der Waals surface area contributed by atoms with Crippen LogP contribution in [0.4, 0.5) is 11.4 Å². The van der Waals surface area contributed by atoms with E-state index in [1.165, 1.54) is 4.88 Å². The maximum atomic E-state index is 5.99. The van der Waals surface area contributed by atoms with Gasteiger partial charge in [0.05, 0.1) is 24.1 Å². The monoisotopic (exact) mass is 247 g/mol. The predicted molar refractivity (Wildman–Crippen MR) is 74.3 cm³/mol. The van der Waals surface area contributed by atoms with Gasteiger partial charge < -0.3 is 10.6 Å². The third-order valence-electron chi connectivity index (χ3n) is 2.67. The molecule has 0 amide bonds. The first-order valence-electron chi connectivity index (χ1n) is 5.67. The van der Waals surface area contributed by atoms with Crippen LogP contribution in [0.5, 0.6) is 0 Å². The number of nitrogen functional groups attached to an aromatic ring is 1. The molecule has 3 nitrogen and oxygen atoms in total. The number of hydrogen-bond donors (Lipinski definition) is 1. The molecule has 90 valence electrons. The summed E-state index contributed by atoms with van der Waals surface area (Å²) in [4.78, 5) is 7.67. The average Bonchev–Trinajstić information content (AvgIpc) is 2.79. The molecule has 0 spiro atoms. The summed E-state index contributed by atoms with van der Waals surface area (Å²) in [7, 11) is 0. The van der Waals surface area contributed by atoms with E-state index >= 15 is 0 Å². The molecule has 0 fully saturated rings. The van der Waals surface area contributed by atoms with Crippen LogP contribution >= 0.6 is 11.3 Å². The van der Waals surface area contributed by atoms with Gasteiger partial charge in [-0.25, -0.2) is 0 Å². The molecule has 2 N–H and O–H groups in total. The Balaban J connectivity index is 2.27. The molecule has 0 bridgehead atoms. The van der Waals surface area contributed by atoms with Crippen LogP contribution in [-0.4, -0.2) is 11.0 Å². The molecule has 2 heterocycles. The van der Waals surface area contributed by atoms with Crippen molar-refractivity contribution < 1.29 is 0 Å². The number of thiophene rings is 1. The van der Waals surface area contributed by atoms with Gasteiger partial charge in [0.15, 0.2) is 0 Å². The van der Waals surface area contributed by atoms with Crippen molar-refractivity contribution in [2.24, 2.45) is 0 Å². The quantitative estimate of drug-likeness (QED) is 0.902. The van der Waals surface area contributed by atoms with Crippen LogP contribution in [0.1, 0.15) is 18.7 Å². The van der Waals surface area contributed by atoms with E-state index in [0.717, 1.165) is 17.9 Å². The highest BCUT2D eigenvalue weighted by atomic mass is 32.1. The molecule has 0 aliphatic rings. The zero-order valence-electron chi connectivity index (χ0n) is 10.1. The molecule has 0 aliphatic carbocycles. The Morgan fingerprint density at radius 2 is 2.24 bits per heavy atom. The van der Waals surface area contributed by atoms with Crippen LogP contribution in [0.3, 0.4) is 0 Å². The molecule has 2 aromatic heterocycles. The summed E-state index contributed by atoms with van der Waals surface area (Å²) >= 11 is 1.77. The number of nitrogens with two attached hydrogens (primary N) is 1. The molecule has 0 unspecified atom stereocenters. The SMILES string of the molecule is CC(C)N(Cc1cccs1)c1ccncc1N. The highest BCUT2D eigenvalue weighted by Crippen LogP contribution is 2.26. The molecule has 2 aromatic rings. The molecule has 4 heteroatoms. The van der Waals surface area contributed by atoms with Gasteiger partial charge in [0, 0.05) is 17.1 Å². The lowest BCUT2D eigenvalue weighted by molar-refractivity contribution is 0.688. The Morgan fingerprint density at radius 1 is 1.41 bits per heavy atom. The fraction of sp³-hybridized carbons (Fsp3) is 0.308. The van der Waals surface area contributed by atoms with Crippen LogP contribution in [0.15, 0.2) is 36.0 Å². The topological polar surface area (TPSA) is 42.2 Å². The Morgan fingerprint density at radius 3 is 2.82 bits per heavy atom. The van der Waals surface area contributed by atoms with E-state index in [-0.39, 0.29) is 0 Å². The van der Waals surface area contributed by atoms with E-state index in [9.17, 15) is 0 Å². The van der Waals surface area contributed by atoms with Gasteiger partial charge in [0.1, 0.15) is 0 Å². The zero-order chi connectivity index (χ0) is 12.3. The van der Waals surface area contributed by atoms with E-state index < -0.39 is 0 Å². The van der Waals surface area contributed by atoms with Gasteiger partial charge in [-0.15, -0.1) is 11.3 Å². The number of hydrogen-bond acceptors (Lipinski definition) is 4. The van der Waals surface area contributed by atoms with Crippen molar-refractivity contribution >= 4 is 22.7 Å². The van der Waals surface area contributed by atoms with Crippen molar-refractivity contribution in [3.05, 3.63) is 40.8 Å². The molecule has 0 radical (unpaired) electrons. The minimum atomic E-state index is 0.404. The minimum Gasteiger partial charge on any atom is -0.396 e. The average molecular weight is 247 g/mol. The summed E-state index contributed by atoms with van der Waals surface area (Å²) in [6.07, 6.45) is 3.49. The molecule has 0 aromatic carbocycles. The van der Waals surface area contributed by atoms with E-state index in [1.54, 1.807) is 23.7 Å². The third kappa shape index (κ3) is 2.77. The Bertz CT molecular complexity index is 465. The fourth-order valence-corrected chi connectivity index (χ4v) is 2.48. The molecular weight excluding hydrogens is 230 g/mol.